The maximum atomic E-state index is 12.1. The fourth-order valence-electron chi connectivity index (χ4n) is 2.41. The number of fused-ring (bicyclic) bond motifs is 1. The van der Waals surface area contributed by atoms with Crippen LogP contribution in [0.5, 0.6) is 0 Å². The molecule has 4 heteroatoms. The third kappa shape index (κ3) is 3.20. The number of carbonyl (C=O) groups is 1. The number of amides is 1. The molecule has 2 rings (SSSR count). The molecule has 0 aliphatic rings. The van der Waals surface area contributed by atoms with Crippen LogP contribution in [0.15, 0.2) is 30.5 Å². The Labute approximate surface area is 120 Å². The Kier molecular flexibility index (Phi) is 4.45. The van der Waals surface area contributed by atoms with Crippen molar-refractivity contribution in [3.05, 3.63) is 36.0 Å². The number of H-pyrrole nitrogens is 1. The highest BCUT2D eigenvalue weighted by Gasteiger charge is 2.26. The van der Waals surface area contributed by atoms with Gasteiger partial charge in [-0.2, -0.15) is 0 Å². The second-order valence-electron chi connectivity index (χ2n) is 5.78. The van der Waals surface area contributed by atoms with Crippen LogP contribution >= 0.6 is 0 Å². The van der Waals surface area contributed by atoms with Crippen LogP contribution in [0.25, 0.3) is 10.9 Å². The third-order valence-electron chi connectivity index (χ3n) is 3.59. The molecule has 0 radical (unpaired) electrons. The number of rotatable bonds is 6. The average molecular weight is 273 g/mol. The van der Waals surface area contributed by atoms with E-state index in [1.54, 1.807) is 0 Å². The minimum absolute atomic E-state index is 0.0895. The lowest BCUT2D eigenvalue weighted by Gasteiger charge is -2.23. The van der Waals surface area contributed by atoms with Crippen molar-refractivity contribution in [2.75, 3.05) is 20.1 Å². The van der Waals surface area contributed by atoms with Crippen molar-refractivity contribution in [2.45, 2.75) is 20.3 Å². The minimum Gasteiger partial charge on any atom is -0.361 e. The zero-order valence-electron chi connectivity index (χ0n) is 12.4. The summed E-state index contributed by atoms with van der Waals surface area (Å²) in [5, 5.41) is 7.30. The summed E-state index contributed by atoms with van der Waals surface area (Å²) in [6.45, 7) is 5.23. The maximum Gasteiger partial charge on any atom is 0.226 e. The van der Waals surface area contributed by atoms with E-state index in [-0.39, 0.29) is 11.3 Å². The van der Waals surface area contributed by atoms with Crippen molar-refractivity contribution in [1.82, 2.24) is 15.6 Å². The molecule has 2 aromatic rings. The first-order chi connectivity index (χ1) is 9.54. The molecule has 1 amide bonds. The molecule has 108 valence electrons. The monoisotopic (exact) mass is 273 g/mol. The van der Waals surface area contributed by atoms with Crippen molar-refractivity contribution in [3.8, 4) is 0 Å². The minimum atomic E-state index is -0.380. The number of para-hydroxylation sites is 1. The number of aromatic nitrogens is 1. The topological polar surface area (TPSA) is 56.9 Å². The van der Waals surface area contributed by atoms with Gasteiger partial charge in [0.1, 0.15) is 0 Å². The lowest BCUT2D eigenvalue weighted by atomic mass is 9.92. The van der Waals surface area contributed by atoms with E-state index >= 15 is 0 Å². The highest BCUT2D eigenvalue weighted by Crippen LogP contribution is 2.18. The molecule has 0 unspecified atom stereocenters. The van der Waals surface area contributed by atoms with Crippen molar-refractivity contribution >= 4 is 16.8 Å². The van der Waals surface area contributed by atoms with Crippen molar-refractivity contribution in [2.24, 2.45) is 5.41 Å². The molecule has 0 spiro atoms. The van der Waals surface area contributed by atoms with Gasteiger partial charge in [0.2, 0.25) is 5.91 Å². The molecule has 1 aromatic carbocycles. The van der Waals surface area contributed by atoms with Gasteiger partial charge in [0.05, 0.1) is 5.41 Å². The summed E-state index contributed by atoms with van der Waals surface area (Å²) in [5.74, 6) is 0.0895. The van der Waals surface area contributed by atoms with Gasteiger partial charge in [-0.05, 0) is 38.9 Å². The molecule has 3 N–H and O–H groups in total. The van der Waals surface area contributed by atoms with E-state index in [0.717, 1.165) is 11.9 Å². The van der Waals surface area contributed by atoms with Crippen LogP contribution in [0.2, 0.25) is 0 Å². The first-order valence-corrected chi connectivity index (χ1v) is 7.02. The average Bonchev–Trinajstić information content (AvgIpc) is 2.82. The van der Waals surface area contributed by atoms with Gasteiger partial charge < -0.3 is 15.6 Å². The van der Waals surface area contributed by atoms with E-state index in [1.165, 1.54) is 10.9 Å². The van der Waals surface area contributed by atoms with E-state index in [0.29, 0.717) is 13.1 Å². The summed E-state index contributed by atoms with van der Waals surface area (Å²) in [6, 6.07) is 8.22. The number of aromatic amines is 1. The molecular weight excluding hydrogens is 250 g/mol. The van der Waals surface area contributed by atoms with Crippen LogP contribution in [0, 0.1) is 5.41 Å². The van der Waals surface area contributed by atoms with Crippen LogP contribution in [0.3, 0.4) is 0 Å². The highest BCUT2D eigenvalue weighted by atomic mass is 16.2. The first kappa shape index (κ1) is 14.6. The van der Waals surface area contributed by atoms with Crippen molar-refractivity contribution in [1.29, 1.82) is 0 Å². The lowest BCUT2D eigenvalue weighted by molar-refractivity contribution is -0.129. The van der Waals surface area contributed by atoms with Gasteiger partial charge in [-0.3, -0.25) is 4.79 Å². The number of hydrogen-bond acceptors (Lipinski definition) is 2. The van der Waals surface area contributed by atoms with Crippen LogP contribution in [-0.4, -0.2) is 31.0 Å². The second kappa shape index (κ2) is 6.09. The molecule has 0 saturated carbocycles. The van der Waals surface area contributed by atoms with E-state index in [1.807, 2.05) is 39.2 Å². The zero-order valence-corrected chi connectivity index (χ0v) is 12.4. The van der Waals surface area contributed by atoms with Gasteiger partial charge in [-0.15, -0.1) is 0 Å². The van der Waals surface area contributed by atoms with Crippen LogP contribution < -0.4 is 10.6 Å². The van der Waals surface area contributed by atoms with Crippen LogP contribution in [-0.2, 0) is 11.2 Å². The molecule has 0 atom stereocenters. The standard InChI is InChI=1S/C16H23N3O/c1-16(2,11-17-3)15(20)18-9-8-12-10-19-14-7-5-4-6-13(12)14/h4-7,10,17,19H,8-9,11H2,1-3H3,(H,18,20). The SMILES string of the molecule is CNCC(C)(C)C(=O)NCCc1c[nH]c2ccccc12. The fraction of sp³-hybridized carbons (Fsp3) is 0.438. The van der Waals surface area contributed by atoms with Gasteiger partial charge in [-0.25, -0.2) is 0 Å². The number of hydrogen-bond donors (Lipinski definition) is 3. The number of nitrogens with one attached hydrogen (secondary N) is 3. The molecule has 0 bridgehead atoms. The number of carbonyl (C=O) groups excluding carboxylic acids is 1. The third-order valence-corrected chi connectivity index (χ3v) is 3.59. The molecule has 0 saturated heterocycles. The summed E-state index contributed by atoms with van der Waals surface area (Å²) in [7, 11) is 1.86. The van der Waals surface area contributed by atoms with E-state index in [2.05, 4.69) is 27.8 Å². The summed E-state index contributed by atoms with van der Waals surface area (Å²) in [5.41, 5.74) is 2.01. The highest BCUT2D eigenvalue weighted by molar-refractivity contribution is 5.84. The summed E-state index contributed by atoms with van der Waals surface area (Å²) < 4.78 is 0. The molecule has 20 heavy (non-hydrogen) atoms. The fourth-order valence-corrected chi connectivity index (χ4v) is 2.41. The molecule has 0 fully saturated rings. The Morgan fingerprint density at radius 3 is 2.80 bits per heavy atom. The largest absolute Gasteiger partial charge is 0.361 e. The molecule has 1 heterocycles. The first-order valence-electron chi connectivity index (χ1n) is 7.02. The predicted octanol–water partition coefficient (Wildman–Crippen LogP) is 2.07. The maximum absolute atomic E-state index is 12.1. The Morgan fingerprint density at radius 2 is 2.05 bits per heavy atom. The van der Waals surface area contributed by atoms with Gasteiger partial charge >= 0.3 is 0 Å². The van der Waals surface area contributed by atoms with Crippen molar-refractivity contribution in [3.63, 3.8) is 0 Å². The molecule has 4 nitrogen and oxygen atoms in total. The van der Waals surface area contributed by atoms with Gasteiger partial charge in [0.15, 0.2) is 0 Å². The zero-order chi connectivity index (χ0) is 14.6. The van der Waals surface area contributed by atoms with E-state index < -0.39 is 0 Å². The Hall–Kier alpha value is -1.81. The second-order valence-corrected chi connectivity index (χ2v) is 5.78. The normalized spacial score (nSPS) is 11.8. The quantitative estimate of drug-likeness (QED) is 0.754. The van der Waals surface area contributed by atoms with Gasteiger partial charge in [0, 0.05) is 30.2 Å². The molecule has 0 aliphatic heterocycles. The van der Waals surface area contributed by atoms with Crippen LogP contribution in [0.4, 0.5) is 0 Å². The molecule has 0 aliphatic carbocycles. The summed E-state index contributed by atoms with van der Waals surface area (Å²) >= 11 is 0. The lowest BCUT2D eigenvalue weighted by Crippen LogP contribution is -2.43. The Bertz CT molecular complexity index is 586. The van der Waals surface area contributed by atoms with Crippen molar-refractivity contribution < 1.29 is 4.79 Å². The summed E-state index contributed by atoms with van der Waals surface area (Å²) in [6.07, 6.45) is 2.86. The predicted molar refractivity (Wildman–Crippen MR) is 82.7 cm³/mol. The van der Waals surface area contributed by atoms with Gasteiger partial charge in [-0.1, -0.05) is 18.2 Å². The number of benzene rings is 1. The van der Waals surface area contributed by atoms with Gasteiger partial charge in [0.25, 0.3) is 0 Å². The van der Waals surface area contributed by atoms with E-state index in [4.69, 9.17) is 0 Å². The van der Waals surface area contributed by atoms with E-state index in [9.17, 15) is 4.79 Å². The summed E-state index contributed by atoms with van der Waals surface area (Å²) in [4.78, 5) is 15.3. The smallest absolute Gasteiger partial charge is 0.226 e. The Balaban J connectivity index is 1.92. The molecular formula is C16H23N3O. The Morgan fingerprint density at radius 1 is 1.30 bits per heavy atom. The van der Waals surface area contributed by atoms with Crippen LogP contribution in [0.1, 0.15) is 19.4 Å². The molecule has 1 aromatic heterocycles.